The minimum Gasteiger partial charge on any atom is -0.349 e. The second kappa shape index (κ2) is 9.53. The molecule has 4 aliphatic carbocycles. The SMILES string of the molecule is Cc1ccc(S(=O)(=O)OC2CC[C@@]3(C)C(CCC4C3CC[C@@]3(C)C4CC4OC5(CCC(C)CO5)C(C)C43)C2)cc1. The molecular weight excluding hydrogens is 520 g/mol. The van der Waals surface area contributed by atoms with Crippen molar-refractivity contribution in [3.05, 3.63) is 29.8 Å². The molecule has 7 rings (SSSR count). The molecule has 0 N–H and O–H groups in total. The van der Waals surface area contributed by atoms with Gasteiger partial charge in [0, 0.05) is 12.3 Å². The summed E-state index contributed by atoms with van der Waals surface area (Å²) in [5.41, 5.74) is 1.68. The first kappa shape index (κ1) is 27.9. The maximum Gasteiger partial charge on any atom is 0.297 e. The Balaban J connectivity index is 1.05. The van der Waals surface area contributed by atoms with Crippen LogP contribution in [0.3, 0.4) is 0 Å². The van der Waals surface area contributed by atoms with Crippen molar-refractivity contribution in [1.29, 1.82) is 0 Å². The van der Waals surface area contributed by atoms with E-state index in [1.807, 2.05) is 19.1 Å². The number of fused-ring (bicyclic) bond motifs is 7. The van der Waals surface area contributed by atoms with Gasteiger partial charge in [0.15, 0.2) is 5.79 Å². The van der Waals surface area contributed by atoms with Crippen LogP contribution >= 0.6 is 0 Å². The van der Waals surface area contributed by atoms with Crippen molar-refractivity contribution in [2.75, 3.05) is 6.61 Å². The highest BCUT2D eigenvalue weighted by molar-refractivity contribution is 7.86. The van der Waals surface area contributed by atoms with E-state index in [-0.39, 0.29) is 22.2 Å². The van der Waals surface area contributed by atoms with Gasteiger partial charge >= 0.3 is 0 Å². The fraction of sp³-hybridized carbons (Fsp3) is 0.824. The van der Waals surface area contributed by atoms with Gasteiger partial charge in [0.1, 0.15) is 0 Å². The Kier molecular flexibility index (Phi) is 6.63. The zero-order valence-corrected chi connectivity index (χ0v) is 26.0. The molecule has 1 aromatic carbocycles. The molecule has 2 aliphatic heterocycles. The van der Waals surface area contributed by atoms with Gasteiger partial charge in [-0.2, -0.15) is 8.42 Å². The lowest BCUT2D eigenvalue weighted by molar-refractivity contribution is -0.273. The Labute approximate surface area is 242 Å². The summed E-state index contributed by atoms with van der Waals surface area (Å²) in [5, 5.41) is 0. The smallest absolute Gasteiger partial charge is 0.297 e. The van der Waals surface area contributed by atoms with E-state index < -0.39 is 10.1 Å². The Morgan fingerprint density at radius 1 is 0.875 bits per heavy atom. The van der Waals surface area contributed by atoms with Crippen LogP contribution in [0.1, 0.15) is 97.5 Å². The van der Waals surface area contributed by atoms with Gasteiger partial charge in [-0.3, -0.25) is 4.18 Å². The maximum absolute atomic E-state index is 13.0. The van der Waals surface area contributed by atoms with Gasteiger partial charge in [-0.1, -0.05) is 45.4 Å². The van der Waals surface area contributed by atoms with Crippen LogP contribution in [-0.2, 0) is 23.8 Å². The minimum absolute atomic E-state index is 0.204. The fourth-order valence-corrected chi connectivity index (χ4v) is 12.4. The Morgan fingerprint density at radius 3 is 2.35 bits per heavy atom. The molecule has 1 aromatic rings. The van der Waals surface area contributed by atoms with E-state index >= 15 is 0 Å². The molecular formula is C34H50O5S. The molecule has 5 nitrogen and oxygen atoms in total. The average molecular weight is 571 g/mol. The zero-order chi connectivity index (χ0) is 28.1. The number of benzene rings is 1. The van der Waals surface area contributed by atoms with E-state index in [0.29, 0.717) is 35.2 Å². The first-order valence-electron chi connectivity index (χ1n) is 16.3. The predicted octanol–water partition coefficient (Wildman–Crippen LogP) is 7.52. The van der Waals surface area contributed by atoms with Crippen molar-refractivity contribution in [3.63, 3.8) is 0 Å². The summed E-state index contributed by atoms with van der Waals surface area (Å²) in [6.07, 6.45) is 11.5. The first-order chi connectivity index (χ1) is 19.0. The average Bonchev–Trinajstić information content (AvgIpc) is 3.36. The molecule has 40 heavy (non-hydrogen) atoms. The second-order valence-electron chi connectivity index (χ2n) is 15.4. The standard InChI is InChI=1S/C34H50O5S/c1-21-6-9-26(10-7-21)40(35,36)39-25-13-15-32(4)24(18-25)8-11-27-28(32)14-16-33(5)29(27)19-30-31(33)23(3)34(38-30)17-12-22(2)20-37-34/h6-7,9-10,22-25,27-31H,8,11-20H2,1-5H3/t22?,23?,24?,25?,27?,28?,29?,30?,31?,32-,33-,34?/m0/s1. The molecule has 0 bridgehead atoms. The normalized spacial score (nSPS) is 50.2. The quantitative estimate of drug-likeness (QED) is 0.352. The van der Waals surface area contributed by atoms with Crippen LogP contribution in [-0.4, -0.2) is 33.0 Å². The Hall–Kier alpha value is -0.950. The molecule has 10 unspecified atom stereocenters. The van der Waals surface area contributed by atoms with Crippen molar-refractivity contribution < 1.29 is 22.1 Å². The lowest BCUT2D eigenvalue weighted by Crippen LogP contribution is -2.55. The molecule has 222 valence electrons. The molecule has 6 fully saturated rings. The summed E-state index contributed by atoms with van der Waals surface area (Å²) in [4.78, 5) is 0.278. The summed E-state index contributed by atoms with van der Waals surface area (Å²) >= 11 is 0. The molecule has 2 saturated heterocycles. The van der Waals surface area contributed by atoms with E-state index in [1.54, 1.807) is 12.1 Å². The predicted molar refractivity (Wildman–Crippen MR) is 155 cm³/mol. The topological polar surface area (TPSA) is 61.8 Å². The highest BCUT2D eigenvalue weighted by Crippen LogP contribution is 2.71. The van der Waals surface area contributed by atoms with Gasteiger partial charge in [-0.05, 0) is 123 Å². The molecule has 12 atom stereocenters. The highest BCUT2D eigenvalue weighted by atomic mass is 32.2. The van der Waals surface area contributed by atoms with E-state index in [2.05, 4.69) is 27.7 Å². The number of hydrogen-bond acceptors (Lipinski definition) is 5. The number of ether oxygens (including phenoxy) is 2. The van der Waals surface area contributed by atoms with Crippen molar-refractivity contribution in [1.82, 2.24) is 0 Å². The lowest BCUT2D eigenvalue weighted by Gasteiger charge is -2.61. The largest absolute Gasteiger partial charge is 0.349 e. The highest BCUT2D eigenvalue weighted by Gasteiger charge is 2.69. The molecule has 6 aliphatic rings. The monoisotopic (exact) mass is 570 g/mol. The van der Waals surface area contributed by atoms with Crippen molar-refractivity contribution in [2.45, 2.75) is 122 Å². The third-order valence-electron chi connectivity index (χ3n) is 13.5. The summed E-state index contributed by atoms with van der Waals surface area (Å²) < 4.78 is 45.4. The Bertz CT molecular complexity index is 1220. The molecule has 0 radical (unpaired) electrons. The van der Waals surface area contributed by atoms with Gasteiger partial charge in [0.05, 0.1) is 23.7 Å². The van der Waals surface area contributed by atoms with E-state index in [1.165, 1.54) is 38.5 Å². The van der Waals surface area contributed by atoms with Gasteiger partial charge in [0.2, 0.25) is 0 Å². The van der Waals surface area contributed by atoms with E-state index in [0.717, 1.165) is 55.6 Å². The van der Waals surface area contributed by atoms with Crippen LogP contribution in [0, 0.1) is 59.2 Å². The van der Waals surface area contributed by atoms with Crippen LogP contribution in [0.15, 0.2) is 29.2 Å². The molecule has 0 aromatic heterocycles. The summed E-state index contributed by atoms with van der Waals surface area (Å²) in [5.74, 6) is 4.14. The zero-order valence-electron chi connectivity index (χ0n) is 25.2. The van der Waals surface area contributed by atoms with Gasteiger partial charge in [-0.25, -0.2) is 0 Å². The van der Waals surface area contributed by atoms with Gasteiger partial charge in [0.25, 0.3) is 10.1 Å². The van der Waals surface area contributed by atoms with E-state index in [9.17, 15) is 8.42 Å². The summed E-state index contributed by atoms with van der Waals surface area (Å²) in [7, 11) is -3.73. The second-order valence-corrected chi connectivity index (χ2v) is 17.0. The fourth-order valence-electron chi connectivity index (χ4n) is 11.3. The van der Waals surface area contributed by atoms with Crippen molar-refractivity contribution in [2.24, 2.45) is 52.3 Å². The lowest BCUT2D eigenvalue weighted by atomic mass is 9.44. The van der Waals surface area contributed by atoms with Crippen molar-refractivity contribution >= 4 is 10.1 Å². The summed E-state index contributed by atoms with van der Waals surface area (Å²) in [6, 6.07) is 7.04. The molecule has 4 saturated carbocycles. The van der Waals surface area contributed by atoms with Crippen LogP contribution in [0.25, 0.3) is 0 Å². The van der Waals surface area contributed by atoms with Crippen LogP contribution in [0.4, 0.5) is 0 Å². The van der Waals surface area contributed by atoms with Crippen LogP contribution < -0.4 is 0 Å². The number of hydrogen-bond donors (Lipinski definition) is 0. The maximum atomic E-state index is 13.0. The van der Waals surface area contributed by atoms with Crippen LogP contribution in [0.5, 0.6) is 0 Å². The molecule has 0 amide bonds. The third-order valence-corrected chi connectivity index (χ3v) is 14.8. The van der Waals surface area contributed by atoms with Gasteiger partial charge < -0.3 is 9.47 Å². The summed E-state index contributed by atoms with van der Waals surface area (Å²) in [6.45, 7) is 12.7. The number of aryl methyl sites for hydroxylation is 1. The first-order valence-corrected chi connectivity index (χ1v) is 17.7. The van der Waals surface area contributed by atoms with Gasteiger partial charge in [-0.15, -0.1) is 0 Å². The van der Waals surface area contributed by atoms with Crippen molar-refractivity contribution in [3.8, 4) is 0 Å². The molecule has 6 heteroatoms. The number of rotatable bonds is 3. The van der Waals surface area contributed by atoms with Crippen LogP contribution in [0.2, 0.25) is 0 Å². The molecule has 2 heterocycles. The molecule has 1 spiro atoms. The third kappa shape index (κ3) is 4.12. The minimum atomic E-state index is -3.73. The van der Waals surface area contributed by atoms with E-state index in [4.69, 9.17) is 13.7 Å². The Morgan fingerprint density at radius 2 is 1.62 bits per heavy atom.